The largest absolute Gasteiger partial charge is 0.303 e. The summed E-state index contributed by atoms with van der Waals surface area (Å²) in [4.78, 5) is 2.34. The zero-order valence-electron chi connectivity index (χ0n) is 13.5. The lowest BCUT2D eigenvalue weighted by Gasteiger charge is -2.31. The van der Waals surface area contributed by atoms with E-state index in [0.29, 0.717) is 0 Å². The lowest BCUT2D eigenvalue weighted by atomic mass is 10.1. The first-order valence-corrected chi connectivity index (χ1v) is 11.1. The Morgan fingerprint density at radius 1 is 1.13 bits per heavy atom. The van der Waals surface area contributed by atoms with Crippen LogP contribution in [0.1, 0.15) is 26.2 Å². The van der Waals surface area contributed by atoms with E-state index in [4.69, 9.17) is 0 Å². The molecule has 1 saturated heterocycles. The van der Waals surface area contributed by atoms with Crippen molar-refractivity contribution in [3.05, 3.63) is 24.3 Å². The Morgan fingerprint density at radius 3 is 2.30 bits per heavy atom. The Bertz CT molecular complexity index is 736. The quantitative estimate of drug-likeness (QED) is 0.825. The maximum Gasteiger partial charge on any atom is 0.240 e. The van der Waals surface area contributed by atoms with Gasteiger partial charge in [0.05, 0.1) is 9.79 Å². The molecule has 0 atom stereocenters. The molecule has 1 heterocycles. The highest BCUT2D eigenvalue weighted by atomic mass is 32.2. The van der Waals surface area contributed by atoms with E-state index in [-0.39, 0.29) is 15.8 Å². The predicted molar refractivity (Wildman–Crippen MR) is 89.6 cm³/mol. The maximum atomic E-state index is 12.5. The number of hydrogen-bond donors (Lipinski definition) is 1. The number of likely N-dealkylation sites (tertiary alicyclic amines) is 1. The molecule has 0 aliphatic carbocycles. The van der Waals surface area contributed by atoms with E-state index in [2.05, 4.69) is 16.5 Å². The molecular weight excluding hydrogens is 336 g/mol. The van der Waals surface area contributed by atoms with Crippen molar-refractivity contribution in [2.75, 3.05) is 25.9 Å². The molecule has 1 aromatic rings. The van der Waals surface area contributed by atoms with E-state index >= 15 is 0 Å². The van der Waals surface area contributed by atoms with Gasteiger partial charge in [-0.25, -0.2) is 21.6 Å². The zero-order valence-corrected chi connectivity index (χ0v) is 15.2. The van der Waals surface area contributed by atoms with Gasteiger partial charge in [0.15, 0.2) is 9.84 Å². The predicted octanol–water partition coefficient (Wildman–Crippen LogP) is 1.24. The van der Waals surface area contributed by atoms with Gasteiger partial charge in [-0.1, -0.05) is 13.0 Å². The summed E-state index contributed by atoms with van der Waals surface area (Å²) in [6, 6.07) is 5.38. The Morgan fingerprint density at radius 2 is 1.74 bits per heavy atom. The van der Waals surface area contributed by atoms with Crippen LogP contribution in [0.4, 0.5) is 0 Å². The fourth-order valence-electron chi connectivity index (χ4n) is 2.75. The average Bonchev–Trinajstić information content (AvgIpc) is 2.49. The average molecular weight is 361 g/mol. The number of nitrogens with one attached hydrogen (secondary N) is 1. The third-order valence-corrected chi connectivity index (χ3v) is 6.62. The standard InChI is InChI=1S/C15H24N2O4S2/c1-3-9-17-10-7-13(8-11-17)16-23(20,21)15-6-4-5-14(12-15)22(2,18)19/h4-6,12-13,16H,3,7-11H2,1-2H3. The van der Waals surface area contributed by atoms with E-state index in [1.165, 1.54) is 24.3 Å². The molecule has 1 aliphatic rings. The molecule has 130 valence electrons. The first kappa shape index (κ1) is 18.4. The van der Waals surface area contributed by atoms with Crippen LogP contribution in [0.15, 0.2) is 34.1 Å². The lowest BCUT2D eigenvalue weighted by Crippen LogP contribution is -2.44. The van der Waals surface area contributed by atoms with Gasteiger partial charge in [0.2, 0.25) is 10.0 Å². The van der Waals surface area contributed by atoms with E-state index in [1.807, 2.05) is 0 Å². The van der Waals surface area contributed by atoms with E-state index in [0.717, 1.165) is 45.2 Å². The Hall–Kier alpha value is -0.960. The molecule has 1 N–H and O–H groups in total. The normalized spacial score (nSPS) is 18.2. The molecular formula is C15H24N2O4S2. The van der Waals surface area contributed by atoms with E-state index in [1.54, 1.807) is 0 Å². The summed E-state index contributed by atoms with van der Waals surface area (Å²) < 4.78 is 50.8. The van der Waals surface area contributed by atoms with Crippen molar-refractivity contribution in [3.63, 3.8) is 0 Å². The summed E-state index contributed by atoms with van der Waals surface area (Å²) in [6.07, 6.45) is 3.69. The van der Waals surface area contributed by atoms with Gasteiger partial charge in [-0.2, -0.15) is 0 Å². The second-order valence-electron chi connectivity index (χ2n) is 5.98. The van der Waals surface area contributed by atoms with Crippen molar-refractivity contribution < 1.29 is 16.8 Å². The van der Waals surface area contributed by atoms with Crippen LogP contribution in [-0.4, -0.2) is 53.7 Å². The molecule has 23 heavy (non-hydrogen) atoms. The van der Waals surface area contributed by atoms with Crippen molar-refractivity contribution in [1.29, 1.82) is 0 Å². The second kappa shape index (κ2) is 7.29. The third-order valence-electron chi connectivity index (χ3n) is 3.99. The molecule has 0 amide bonds. The van der Waals surface area contributed by atoms with Crippen LogP contribution in [-0.2, 0) is 19.9 Å². The smallest absolute Gasteiger partial charge is 0.240 e. The maximum absolute atomic E-state index is 12.5. The van der Waals surface area contributed by atoms with Gasteiger partial charge in [0.1, 0.15) is 0 Å². The molecule has 1 aliphatic heterocycles. The summed E-state index contributed by atoms with van der Waals surface area (Å²) >= 11 is 0. The highest BCUT2D eigenvalue weighted by molar-refractivity contribution is 7.91. The van der Waals surface area contributed by atoms with Crippen molar-refractivity contribution in [2.24, 2.45) is 0 Å². The first-order valence-electron chi connectivity index (χ1n) is 7.77. The van der Waals surface area contributed by atoms with Crippen LogP contribution in [0, 0.1) is 0 Å². The summed E-state index contributed by atoms with van der Waals surface area (Å²) in [5.74, 6) is 0. The molecule has 0 aromatic heterocycles. The molecule has 8 heteroatoms. The number of piperidine rings is 1. The van der Waals surface area contributed by atoms with E-state index in [9.17, 15) is 16.8 Å². The van der Waals surface area contributed by atoms with Gasteiger partial charge >= 0.3 is 0 Å². The Kier molecular flexibility index (Phi) is 5.83. The van der Waals surface area contributed by atoms with Crippen LogP contribution >= 0.6 is 0 Å². The monoisotopic (exact) mass is 360 g/mol. The van der Waals surface area contributed by atoms with Gasteiger partial charge in [0, 0.05) is 12.3 Å². The minimum atomic E-state index is -3.71. The highest BCUT2D eigenvalue weighted by Gasteiger charge is 2.25. The Balaban J connectivity index is 2.08. The minimum Gasteiger partial charge on any atom is -0.303 e. The number of sulfonamides is 1. The molecule has 1 fully saturated rings. The first-order chi connectivity index (χ1) is 10.7. The van der Waals surface area contributed by atoms with Gasteiger partial charge in [-0.15, -0.1) is 0 Å². The molecule has 6 nitrogen and oxygen atoms in total. The van der Waals surface area contributed by atoms with Crippen LogP contribution in [0.5, 0.6) is 0 Å². The van der Waals surface area contributed by atoms with Crippen molar-refractivity contribution in [3.8, 4) is 0 Å². The minimum absolute atomic E-state index is 0.00332. The SMILES string of the molecule is CCCN1CCC(NS(=O)(=O)c2cccc(S(C)(=O)=O)c2)CC1. The van der Waals surface area contributed by atoms with Gasteiger partial charge in [-0.3, -0.25) is 0 Å². The molecule has 0 bridgehead atoms. The third kappa shape index (κ3) is 5.00. The topological polar surface area (TPSA) is 83.6 Å². The number of hydrogen-bond acceptors (Lipinski definition) is 5. The van der Waals surface area contributed by atoms with Gasteiger partial charge in [-0.05, 0) is 57.1 Å². The summed E-state index contributed by atoms with van der Waals surface area (Å²) in [5.41, 5.74) is 0. The number of rotatable bonds is 6. The van der Waals surface area contributed by atoms with Gasteiger partial charge < -0.3 is 4.90 Å². The number of benzene rings is 1. The molecule has 0 saturated carbocycles. The Labute approximate surface area is 138 Å². The highest BCUT2D eigenvalue weighted by Crippen LogP contribution is 2.18. The number of sulfone groups is 1. The fraction of sp³-hybridized carbons (Fsp3) is 0.600. The fourth-order valence-corrected chi connectivity index (χ4v) is 4.84. The summed E-state index contributed by atoms with van der Waals surface area (Å²) in [6.45, 7) is 4.92. The molecule has 2 rings (SSSR count). The summed E-state index contributed by atoms with van der Waals surface area (Å²) in [7, 11) is -7.14. The van der Waals surface area contributed by atoms with Crippen molar-refractivity contribution >= 4 is 19.9 Å². The lowest BCUT2D eigenvalue weighted by molar-refractivity contribution is 0.208. The molecule has 0 unspecified atom stereocenters. The zero-order chi connectivity index (χ0) is 17.1. The van der Waals surface area contributed by atoms with Crippen molar-refractivity contribution in [1.82, 2.24) is 9.62 Å². The van der Waals surface area contributed by atoms with Gasteiger partial charge in [0.25, 0.3) is 0 Å². The van der Waals surface area contributed by atoms with Crippen LogP contribution in [0.3, 0.4) is 0 Å². The summed E-state index contributed by atoms with van der Waals surface area (Å²) in [5, 5.41) is 0. The van der Waals surface area contributed by atoms with Crippen LogP contribution in [0.2, 0.25) is 0 Å². The second-order valence-corrected chi connectivity index (χ2v) is 9.71. The van der Waals surface area contributed by atoms with Crippen molar-refractivity contribution in [2.45, 2.75) is 42.0 Å². The number of nitrogens with zero attached hydrogens (tertiary/aromatic N) is 1. The molecule has 0 radical (unpaired) electrons. The van der Waals surface area contributed by atoms with E-state index < -0.39 is 19.9 Å². The van der Waals surface area contributed by atoms with Crippen LogP contribution in [0.25, 0.3) is 0 Å². The molecule has 0 spiro atoms. The molecule has 1 aromatic carbocycles. The van der Waals surface area contributed by atoms with Crippen LogP contribution < -0.4 is 4.72 Å².